The number of nitrogens with one attached hydrogen (secondary N) is 2. The van der Waals surface area contributed by atoms with Gasteiger partial charge in [-0.05, 0) is 50.2 Å². The van der Waals surface area contributed by atoms with Gasteiger partial charge in [-0.25, -0.2) is 9.78 Å². The highest BCUT2D eigenvalue weighted by Crippen LogP contribution is 2.30. The van der Waals surface area contributed by atoms with Crippen molar-refractivity contribution in [2.75, 3.05) is 31.1 Å². The lowest BCUT2D eigenvalue weighted by atomic mass is 10.1. The highest BCUT2D eigenvalue weighted by molar-refractivity contribution is 5.71. The zero-order valence-corrected chi connectivity index (χ0v) is 19.5. The molecule has 0 aliphatic carbocycles. The quantitative estimate of drug-likeness (QED) is 0.538. The van der Waals surface area contributed by atoms with Crippen molar-refractivity contribution in [3.63, 3.8) is 0 Å². The Kier molecular flexibility index (Phi) is 7.25. The molecule has 1 atom stereocenters. The zero-order valence-electron chi connectivity index (χ0n) is 19.5. The van der Waals surface area contributed by atoms with E-state index in [0.717, 1.165) is 42.2 Å². The average Bonchev–Trinajstić information content (AvgIpc) is 3.27. The molecule has 0 bridgehead atoms. The number of anilines is 1. The van der Waals surface area contributed by atoms with Gasteiger partial charge in [-0.2, -0.15) is 18.3 Å². The second-order valence-electron chi connectivity index (χ2n) is 8.39. The lowest BCUT2D eigenvalue weighted by molar-refractivity contribution is -0.137. The zero-order chi connectivity index (χ0) is 25.0. The van der Waals surface area contributed by atoms with Gasteiger partial charge in [-0.3, -0.25) is 10.00 Å². The van der Waals surface area contributed by atoms with E-state index >= 15 is 0 Å². The fourth-order valence-corrected chi connectivity index (χ4v) is 4.14. The molecule has 1 saturated heterocycles. The lowest BCUT2D eigenvalue weighted by Gasteiger charge is -2.40. The van der Waals surface area contributed by atoms with Gasteiger partial charge in [0.1, 0.15) is 11.6 Å². The summed E-state index contributed by atoms with van der Waals surface area (Å²) in [6.07, 6.45) is -2.21. The van der Waals surface area contributed by atoms with Gasteiger partial charge in [0.2, 0.25) is 0 Å². The summed E-state index contributed by atoms with van der Waals surface area (Å²) in [4.78, 5) is 19.9. The second-order valence-corrected chi connectivity index (χ2v) is 8.39. The number of benzene rings is 1. The normalized spacial score (nSPS) is 16.8. The van der Waals surface area contributed by atoms with E-state index in [1.165, 1.54) is 6.07 Å². The molecule has 186 valence electrons. The second kappa shape index (κ2) is 10.3. The third-order valence-electron chi connectivity index (χ3n) is 5.87. The SMILES string of the molecule is CCNC(=O)Oc1ccc(-c2[nH]ncc2CN2CCN(c3ccc(C(F)(F)F)cn3)[C@H](C)C2)cc1. The van der Waals surface area contributed by atoms with Crippen LogP contribution in [0.25, 0.3) is 11.3 Å². The van der Waals surface area contributed by atoms with E-state index in [4.69, 9.17) is 4.74 Å². The highest BCUT2D eigenvalue weighted by Gasteiger charge is 2.32. The van der Waals surface area contributed by atoms with Crippen molar-refractivity contribution in [1.29, 1.82) is 0 Å². The molecule has 1 aliphatic heterocycles. The van der Waals surface area contributed by atoms with Crippen molar-refractivity contribution >= 4 is 11.9 Å². The molecule has 1 amide bonds. The number of carbonyl (C=O) groups is 1. The first kappa shape index (κ1) is 24.5. The molecule has 0 saturated carbocycles. The summed E-state index contributed by atoms with van der Waals surface area (Å²) in [5, 5.41) is 9.84. The van der Waals surface area contributed by atoms with Gasteiger partial charge in [-0.15, -0.1) is 0 Å². The number of nitrogens with zero attached hydrogens (tertiary/aromatic N) is 4. The molecule has 0 radical (unpaired) electrons. The van der Waals surface area contributed by atoms with Crippen LogP contribution in [-0.2, 0) is 12.7 Å². The van der Waals surface area contributed by atoms with E-state index in [0.29, 0.717) is 31.2 Å². The van der Waals surface area contributed by atoms with E-state index in [1.807, 2.05) is 30.9 Å². The van der Waals surface area contributed by atoms with Crippen LogP contribution >= 0.6 is 0 Å². The number of rotatable bonds is 6. The molecule has 11 heteroatoms. The minimum atomic E-state index is -4.39. The number of piperazine rings is 1. The monoisotopic (exact) mass is 488 g/mol. The molecule has 35 heavy (non-hydrogen) atoms. The number of carbonyl (C=O) groups excluding carboxylic acids is 1. The number of hydrogen-bond donors (Lipinski definition) is 2. The Morgan fingerprint density at radius 2 is 1.94 bits per heavy atom. The maximum atomic E-state index is 12.8. The molecular weight excluding hydrogens is 461 g/mol. The third kappa shape index (κ3) is 5.91. The van der Waals surface area contributed by atoms with Crippen LogP contribution in [-0.4, -0.2) is 58.4 Å². The van der Waals surface area contributed by atoms with E-state index in [9.17, 15) is 18.0 Å². The largest absolute Gasteiger partial charge is 0.417 e. The summed E-state index contributed by atoms with van der Waals surface area (Å²) in [6, 6.07) is 9.77. The summed E-state index contributed by atoms with van der Waals surface area (Å²) in [7, 11) is 0. The number of aromatic amines is 1. The van der Waals surface area contributed by atoms with Crippen molar-refractivity contribution in [1.82, 2.24) is 25.4 Å². The first-order chi connectivity index (χ1) is 16.7. The minimum absolute atomic E-state index is 0.0778. The smallest absolute Gasteiger partial charge is 0.410 e. The fraction of sp³-hybridized carbons (Fsp3) is 0.375. The first-order valence-corrected chi connectivity index (χ1v) is 11.3. The molecule has 4 rings (SSSR count). The summed E-state index contributed by atoms with van der Waals surface area (Å²) in [5.74, 6) is 0.992. The van der Waals surface area contributed by atoms with Crippen molar-refractivity contribution in [2.45, 2.75) is 32.6 Å². The standard InChI is InChI=1S/C24H27F3N6O2/c1-3-28-23(34)35-20-7-4-17(5-8-20)22-18(12-30-31-22)15-32-10-11-33(16(2)14-32)21-9-6-19(13-29-21)24(25,26)27/h4-9,12-13,16H,3,10-11,14-15H2,1-2H3,(H,28,34)(H,30,31)/t16-/m1/s1. The number of ether oxygens (including phenoxy) is 1. The molecule has 1 aromatic carbocycles. The van der Waals surface area contributed by atoms with E-state index in [2.05, 4.69) is 25.4 Å². The number of H-pyrrole nitrogens is 1. The summed E-state index contributed by atoms with van der Waals surface area (Å²) >= 11 is 0. The minimum Gasteiger partial charge on any atom is -0.410 e. The molecule has 0 spiro atoms. The Morgan fingerprint density at radius 3 is 2.57 bits per heavy atom. The lowest BCUT2D eigenvalue weighted by Crippen LogP contribution is -2.51. The van der Waals surface area contributed by atoms with Crippen molar-refractivity contribution in [3.05, 3.63) is 59.9 Å². The molecule has 0 unspecified atom stereocenters. The van der Waals surface area contributed by atoms with E-state index < -0.39 is 17.8 Å². The molecular formula is C24H27F3N6O2. The summed E-state index contributed by atoms with van der Waals surface area (Å²) in [6.45, 7) is 7.12. The van der Waals surface area contributed by atoms with Crippen LogP contribution in [0, 0.1) is 0 Å². The molecule has 2 N–H and O–H groups in total. The van der Waals surface area contributed by atoms with Crippen LogP contribution in [0.5, 0.6) is 5.75 Å². The predicted molar refractivity (Wildman–Crippen MR) is 125 cm³/mol. The Hall–Kier alpha value is -3.60. The van der Waals surface area contributed by atoms with Gasteiger partial charge in [0.25, 0.3) is 0 Å². The van der Waals surface area contributed by atoms with Crippen LogP contribution in [0.1, 0.15) is 25.0 Å². The Labute approximate surface area is 201 Å². The third-order valence-corrected chi connectivity index (χ3v) is 5.87. The molecule has 1 fully saturated rings. The van der Waals surface area contributed by atoms with Crippen molar-refractivity contribution in [2.24, 2.45) is 0 Å². The van der Waals surface area contributed by atoms with Crippen LogP contribution in [0.15, 0.2) is 48.8 Å². The van der Waals surface area contributed by atoms with Gasteiger partial charge in [0.15, 0.2) is 0 Å². The summed E-state index contributed by atoms with van der Waals surface area (Å²) < 4.78 is 43.7. The summed E-state index contributed by atoms with van der Waals surface area (Å²) in [5.41, 5.74) is 2.08. The van der Waals surface area contributed by atoms with Crippen LogP contribution in [0.2, 0.25) is 0 Å². The maximum Gasteiger partial charge on any atom is 0.417 e. The van der Waals surface area contributed by atoms with Crippen molar-refractivity contribution < 1.29 is 22.7 Å². The van der Waals surface area contributed by atoms with Gasteiger partial charge in [0.05, 0.1) is 17.5 Å². The highest BCUT2D eigenvalue weighted by atomic mass is 19.4. The Balaban J connectivity index is 1.38. The molecule has 1 aliphatic rings. The number of amides is 1. The van der Waals surface area contributed by atoms with Crippen LogP contribution in [0.3, 0.4) is 0 Å². The van der Waals surface area contributed by atoms with Gasteiger partial charge >= 0.3 is 12.3 Å². The van der Waals surface area contributed by atoms with Crippen molar-refractivity contribution in [3.8, 4) is 17.0 Å². The number of aromatic nitrogens is 3. The molecule has 3 heterocycles. The maximum absolute atomic E-state index is 12.8. The number of alkyl halides is 3. The van der Waals surface area contributed by atoms with Gasteiger partial charge in [0, 0.05) is 56.1 Å². The first-order valence-electron chi connectivity index (χ1n) is 11.3. The fourth-order valence-electron chi connectivity index (χ4n) is 4.14. The molecule has 3 aromatic rings. The van der Waals surface area contributed by atoms with E-state index in [1.54, 1.807) is 18.3 Å². The Morgan fingerprint density at radius 1 is 1.17 bits per heavy atom. The number of hydrogen-bond acceptors (Lipinski definition) is 6. The van der Waals surface area contributed by atoms with Gasteiger partial charge in [-0.1, -0.05) is 0 Å². The number of halogens is 3. The number of pyridine rings is 1. The van der Waals surface area contributed by atoms with E-state index in [-0.39, 0.29) is 6.04 Å². The average molecular weight is 489 g/mol. The topological polar surface area (TPSA) is 86.4 Å². The van der Waals surface area contributed by atoms with Crippen LogP contribution in [0.4, 0.5) is 23.8 Å². The Bertz CT molecular complexity index is 1130. The predicted octanol–water partition coefficient (Wildman–Crippen LogP) is 4.31. The van der Waals surface area contributed by atoms with Gasteiger partial charge < -0.3 is 15.0 Å². The van der Waals surface area contributed by atoms with Crippen LogP contribution < -0.4 is 15.0 Å². The molecule has 2 aromatic heterocycles. The molecule has 8 nitrogen and oxygen atoms in total.